The van der Waals surface area contributed by atoms with Crippen molar-refractivity contribution in [1.29, 1.82) is 0 Å². The number of pyridine rings is 1. The van der Waals surface area contributed by atoms with Crippen molar-refractivity contribution in [3.63, 3.8) is 0 Å². The highest BCUT2D eigenvalue weighted by atomic mass is 19.2. The zero-order valence-electron chi connectivity index (χ0n) is 17.3. The van der Waals surface area contributed by atoms with Crippen molar-refractivity contribution in [2.75, 3.05) is 13.1 Å². The molecule has 5 nitrogen and oxygen atoms in total. The van der Waals surface area contributed by atoms with Crippen LogP contribution in [0.25, 0.3) is 16.8 Å². The van der Waals surface area contributed by atoms with E-state index in [4.69, 9.17) is 5.10 Å². The van der Waals surface area contributed by atoms with Gasteiger partial charge in [-0.3, -0.25) is 9.88 Å². The van der Waals surface area contributed by atoms with Crippen LogP contribution in [0.4, 0.5) is 8.78 Å². The number of hydrogen-bond donors (Lipinski definition) is 0. The van der Waals surface area contributed by atoms with Gasteiger partial charge >= 0.3 is 0 Å². The Morgan fingerprint density at radius 2 is 1.87 bits per heavy atom. The van der Waals surface area contributed by atoms with E-state index in [0.717, 1.165) is 59.7 Å². The molecule has 1 saturated heterocycles. The fourth-order valence-corrected chi connectivity index (χ4v) is 4.57. The molecule has 31 heavy (non-hydrogen) atoms. The highest BCUT2D eigenvalue weighted by molar-refractivity contribution is 5.79. The van der Waals surface area contributed by atoms with Gasteiger partial charge in [-0.2, -0.15) is 5.10 Å². The number of likely N-dealkylation sites (tertiary alicyclic amines) is 1. The Bertz CT molecular complexity index is 1220. The molecule has 1 aromatic carbocycles. The van der Waals surface area contributed by atoms with Crippen molar-refractivity contribution >= 4 is 5.65 Å². The quantitative estimate of drug-likeness (QED) is 0.479. The average Bonchev–Trinajstić information content (AvgIpc) is 3.13. The molecule has 0 bridgehead atoms. The second kappa shape index (κ2) is 8.15. The summed E-state index contributed by atoms with van der Waals surface area (Å²) in [6.07, 6.45) is 7.50. The summed E-state index contributed by atoms with van der Waals surface area (Å²) in [5.74, 6) is -1.31. The molecule has 0 amide bonds. The van der Waals surface area contributed by atoms with Gasteiger partial charge in [-0.1, -0.05) is 6.07 Å². The van der Waals surface area contributed by atoms with Crippen LogP contribution in [0.2, 0.25) is 0 Å². The molecule has 0 saturated carbocycles. The van der Waals surface area contributed by atoms with Gasteiger partial charge in [-0.15, -0.1) is 0 Å². The third-order valence-corrected chi connectivity index (χ3v) is 6.01. The maximum Gasteiger partial charge on any atom is 0.163 e. The number of benzene rings is 1. The minimum absolute atomic E-state index is 0.286. The molecule has 0 aliphatic carbocycles. The van der Waals surface area contributed by atoms with Crippen molar-refractivity contribution in [3.05, 3.63) is 83.6 Å². The van der Waals surface area contributed by atoms with Crippen molar-refractivity contribution in [2.45, 2.75) is 32.2 Å². The smallest absolute Gasteiger partial charge is 0.163 e. The molecular weight excluding hydrogens is 396 g/mol. The molecule has 1 aliphatic heterocycles. The van der Waals surface area contributed by atoms with Crippen molar-refractivity contribution in [3.8, 4) is 11.1 Å². The van der Waals surface area contributed by atoms with Gasteiger partial charge < -0.3 is 0 Å². The molecule has 4 aromatic rings. The number of rotatable bonds is 4. The standard InChI is InChI=1S/C24H23F2N5/c1-16-23(18-6-9-27-10-7-18)24-28-11-8-22(31(24)29-16)19-3-2-12-30(15-19)14-17-4-5-20(25)21(26)13-17/h4-11,13,19H,2-3,12,14-15H2,1H3. The molecule has 0 N–H and O–H groups in total. The Morgan fingerprint density at radius 1 is 1.03 bits per heavy atom. The summed E-state index contributed by atoms with van der Waals surface area (Å²) < 4.78 is 28.8. The van der Waals surface area contributed by atoms with E-state index >= 15 is 0 Å². The Morgan fingerprint density at radius 3 is 2.68 bits per heavy atom. The summed E-state index contributed by atoms with van der Waals surface area (Å²) in [5, 5.41) is 4.82. The highest BCUT2D eigenvalue weighted by Crippen LogP contribution is 2.32. The average molecular weight is 419 g/mol. The van der Waals surface area contributed by atoms with Gasteiger partial charge in [0.15, 0.2) is 17.3 Å². The maximum absolute atomic E-state index is 13.6. The van der Waals surface area contributed by atoms with E-state index in [1.54, 1.807) is 18.5 Å². The van der Waals surface area contributed by atoms with Gasteiger partial charge in [0.05, 0.1) is 11.4 Å². The third-order valence-electron chi connectivity index (χ3n) is 6.01. The number of aryl methyl sites for hydroxylation is 1. The molecule has 7 heteroatoms. The summed E-state index contributed by atoms with van der Waals surface area (Å²) in [5.41, 5.74) is 5.77. The first kappa shape index (κ1) is 19.8. The van der Waals surface area contributed by atoms with Crippen LogP contribution in [-0.4, -0.2) is 37.6 Å². The highest BCUT2D eigenvalue weighted by Gasteiger charge is 2.25. The minimum atomic E-state index is -0.807. The summed E-state index contributed by atoms with van der Waals surface area (Å²) in [4.78, 5) is 11.0. The van der Waals surface area contributed by atoms with Crippen LogP contribution < -0.4 is 0 Å². The number of nitrogens with zero attached hydrogens (tertiary/aromatic N) is 5. The van der Waals surface area contributed by atoms with Crippen molar-refractivity contribution in [1.82, 2.24) is 24.5 Å². The predicted octanol–water partition coefficient (Wildman–Crippen LogP) is 4.76. The van der Waals surface area contributed by atoms with Gasteiger partial charge in [-0.25, -0.2) is 18.3 Å². The summed E-state index contributed by atoms with van der Waals surface area (Å²) in [6, 6.07) is 10.1. The first-order valence-corrected chi connectivity index (χ1v) is 10.5. The fourth-order valence-electron chi connectivity index (χ4n) is 4.57. The Kier molecular flexibility index (Phi) is 5.19. The van der Waals surface area contributed by atoms with E-state index in [9.17, 15) is 8.78 Å². The molecule has 1 aliphatic rings. The molecule has 3 aromatic heterocycles. The van der Waals surface area contributed by atoms with E-state index in [-0.39, 0.29) is 5.92 Å². The first-order chi connectivity index (χ1) is 15.1. The minimum Gasteiger partial charge on any atom is -0.298 e. The number of fused-ring (bicyclic) bond motifs is 1. The zero-order chi connectivity index (χ0) is 21.4. The molecule has 0 radical (unpaired) electrons. The van der Waals surface area contributed by atoms with E-state index in [1.807, 2.05) is 35.8 Å². The van der Waals surface area contributed by atoms with E-state index in [1.165, 1.54) is 12.1 Å². The Labute approximate surface area is 179 Å². The van der Waals surface area contributed by atoms with Crippen molar-refractivity contribution < 1.29 is 8.78 Å². The molecule has 1 unspecified atom stereocenters. The van der Waals surface area contributed by atoms with Crippen LogP contribution in [0.5, 0.6) is 0 Å². The van der Waals surface area contributed by atoms with Crippen LogP contribution >= 0.6 is 0 Å². The third kappa shape index (κ3) is 3.81. The second-order valence-electron chi connectivity index (χ2n) is 8.12. The summed E-state index contributed by atoms with van der Waals surface area (Å²) in [6.45, 7) is 4.37. The van der Waals surface area contributed by atoms with Crippen LogP contribution in [-0.2, 0) is 6.54 Å². The van der Waals surface area contributed by atoms with Crippen LogP contribution in [0.15, 0.2) is 55.0 Å². The van der Waals surface area contributed by atoms with E-state index < -0.39 is 11.6 Å². The lowest BCUT2D eigenvalue weighted by Crippen LogP contribution is -2.34. The largest absolute Gasteiger partial charge is 0.298 e. The van der Waals surface area contributed by atoms with Gasteiger partial charge in [0.2, 0.25) is 0 Å². The number of piperidine rings is 1. The maximum atomic E-state index is 13.6. The van der Waals surface area contributed by atoms with Crippen LogP contribution in [0, 0.1) is 18.6 Å². The molecule has 1 fully saturated rings. The first-order valence-electron chi connectivity index (χ1n) is 10.5. The fraction of sp³-hybridized carbons (Fsp3) is 0.292. The van der Waals surface area contributed by atoms with Crippen molar-refractivity contribution in [2.24, 2.45) is 0 Å². The number of aromatic nitrogens is 4. The summed E-state index contributed by atoms with van der Waals surface area (Å²) >= 11 is 0. The normalized spacial score (nSPS) is 17.3. The zero-order valence-corrected chi connectivity index (χ0v) is 17.3. The van der Waals surface area contributed by atoms with Gasteiger partial charge in [-0.05, 0) is 67.8 Å². The number of hydrogen-bond acceptors (Lipinski definition) is 4. The number of halogens is 2. The van der Waals surface area contributed by atoms with Gasteiger partial charge in [0.25, 0.3) is 0 Å². The topological polar surface area (TPSA) is 46.3 Å². The summed E-state index contributed by atoms with van der Waals surface area (Å²) in [7, 11) is 0. The molecular formula is C24H23F2N5. The van der Waals surface area contributed by atoms with E-state index in [0.29, 0.717) is 6.54 Å². The Hall–Kier alpha value is -3.19. The monoisotopic (exact) mass is 419 g/mol. The lowest BCUT2D eigenvalue weighted by atomic mass is 9.94. The lowest BCUT2D eigenvalue weighted by Gasteiger charge is -2.33. The second-order valence-corrected chi connectivity index (χ2v) is 8.12. The SMILES string of the molecule is Cc1nn2c(C3CCCN(Cc4ccc(F)c(F)c4)C3)ccnc2c1-c1ccncc1. The van der Waals surface area contributed by atoms with Crippen LogP contribution in [0.1, 0.15) is 35.7 Å². The predicted molar refractivity (Wildman–Crippen MR) is 115 cm³/mol. The molecule has 5 rings (SSSR count). The van der Waals surface area contributed by atoms with Crippen LogP contribution in [0.3, 0.4) is 0 Å². The molecule has 4 heterocycles. The molecule has 0 spiro atoms. The Balaban J connectivity index is 1.44. The van der Waals surface area contributed by atoms with Gasteiger partial charge in [0, 0.05) is 43.2 Å². The van der Waals surface area contributed by atoms with Gasteiger partial charge in [0.1, 0.15) is 0 Å². The lowest BCUT2D eigenvalue weighted by molar-refractivity contribution is 0.197. The molecule has 158 valence electrons. The van der Waals surface area contributed by atoms with E-state index in [2.05, 4.69) is 14.9 Å². The molecule has 1 atom stereocenters.